The molecule has 0 bridgehead atoms. The summed E-state index contributed by atoms with van der Waals surface area (Å²) in [6.45, 7) is 4.47. The van der Waals surface area contributed by atoms with Crippen LogP contribution in [0.2, 0.25) is 0 Å². The van der Waals surface area contributed by atoms with Gasteiger partial charge in [-0.3, -0.25) is 4.79 Å². The molecule has 0 aromatic heterocycles. The molecule has 0 unspecified atom stereocenters. The number of esters is 1. The van der Waals surface area contributed by atoms with Gasteiger partial charge in [0.1, 0.15) is 0 Å². The molecule has 0 fully saturated rings. The zero-order valence-electron chi connectivity index (χ0n) is 17.3. The Balaban J connectivity index is 1.81. The first-order valence-corrected chi connectivity index (χ1v) is 9.60. The third kappa shape index (κ3) is 7.12. The Labute approximate surface area is 175 Å². The van der Waals surface area contributed by atoms with Crippen LogP contribution in [0.25, 0.3) is 0 Å². The molecule has 0 radical (unpaired) electrons. The van der Waals surface area contributed by atoms with Crippen molar-refractivity contribution < 1.29 is 28.6 Å². The molecule has 1 N–H and O–H groups in total. The Kier molecular flexibility index (Phi) is 9.18. The van der Waals surface area contributed by atoms with Crippen LogP contribution < -0.4 is 14.8 Å². The first-order valence-electron chi connectivity index (χ1n) is 9.60. The second-order valence-corrected chi connectivity index (χ2v) is 6.11. The van der Waals surface area contributed by atoms with Crippen LogP contribution in [-0.2, 0) is 14.4 Å². The Morgan fingerprint density at radius 3 is 2.50 bits per heavy atom. The summed E-state index contributed by atoms with van der Waals surface area (Å²) >= 11 is 0. The Morgan fingerprint density at radius 1 is 1.07 bits per heavy atom. The molecule has 30 heavy (non-hydrogen) atoms. The fourth-order valence-corrected chi connectivity index (χ4v) is 2.40. The van der Waals surface area contributed by atoms with E-state index in [9.17, 15) is 9.59 Å². The number of methoxy groups -OCH3 is 1. The summed E-state index contributed by atoms with van der Waals surface area (Å²) in [7, 11) is 1.56. The van der Waals surface area contributed by atoms with Crippen LogP contribution in [0.1, 0.15) is 36.2 Å². The molecule has 0 atom stereocenters. The van der Waals surface area contributed by atoms with E-state index < -0.39 is 5.97 Å². The number of anilines is 1. The van der Waals surface area contributed by atoms with E-state index in [2.05, 4.69) is 10.5 Å². The lowest BCUT2D eigenvalue weighted by Crippen LogP contribution is -2.17. The first kappa shape index (κ1) is 22.7. The van der Waals surface area contributed by atoms with Crippen LogP contribution in [0.15, 0.2) is 47.6 Å². The Bertz CT molecular complexity index is 864. The van der Waals surface area contributed by atoms with Crippen molar-refractivity contribution in [2.45, 2.75) is 20.3 Å². The fraction of sp³-hybridized carbons (Fsp3) is 0.318. The number of carbonyl (C=O) groups is 2. The molecule has 0 aliphatic rings. The lowest BCUT2D eigenvalue weighted by atomic mass is 10.2. The number of ether oxygens (including phenoxy) is 3. The molecule has 2 rings (SSSR count). The molecule has 0 saturated carbocycles. The molecule has 0 aliphatic heterocycles. The van der Waals surface area contributed by atoms with E-state index in [1.165, 1.54) is 6.21 Å². The summed E-state index contributed by atoms with van der Waals surface area (Å²) in [5, 5.41) is 6.46. The summed E-state index contributed by atoms with van der Waals surface area (Å²) < 4.78 is 15.8. The molecule has 8 nitrogen and oxygen atoms in total. The van der Waals surface area contributed by atoms with Gasteiger partial charge in [0.15, 0.2) is 18.1 Å². The van der Waals surface area contributed by atoms with E-state index in [1.807, 2.05) is 13.8 Å². The van der Waals surface area contributed by atoms with Gasteiger partial charge in [0, 0.05) is 11.3 Å². The summed E-state index contributed by atoms with van der Waals surface area (Å²) in [6.07, 6.45) is 2.23. The highest BCUT2D eigenvalue weighted by atomic mass is 16.6. The first-order chi connectivity index (χ1) is 14.6. The maximum absolute atomic E-state index is 12.0. The van der Waals surface area contributed by atoms with Gasteiger partial charge in [-0.15, -0.1) is 0 Å². The van der Waals surface area contributed by atoms with Gasteiger partial charge in [-0.2, -0.15) is 0 Å². The standard InChI is InChI=1S/C22H26N2O6/c1-4-12-29-22(26)17-7-9-18(10-8-17)24-21(25)15-30-23-14-16-6-11-19(28-5-2)20(13-16)27-3/h6-11,13-14H,4-5,12,15H2,1-3H3,(H,24,25)/b23-14-. The highest BCUT2D eigenvalue weighted by Crippen LogP contribution is 2.27. The smallest absolute Gasteiger partial charge is 0.338 e. The van der Waals surface area contributed by atoms with Gasteiger partial charge in [0.05, 0.1) is 32.1 Å². The number of rotatable bonds is 11. The molecule has 2 aromatic carbocycles. The number of amides is 1. The lowest BCUT2D eigenvalue weighted by molar-refractivity contribution is -0.120. The number of oxime groups is 1. The van der Waals surface area contributed by atoms with E-state index in [4.69, 9.17) is 19.0 Å². The average molecular weight is 414 g/mol. The number of benzene rings is 2. The van der Waals surface area contributed by atoms with Crippen molar-refractivity contribution in [2.24, 2.45) is 5.16 Å². The molecule has 0 spiro atoms. The van der Waals surface area contributed by atoms with Gasteiger partial charge in [-0.25, -0.2) is 4.79 Å². The van der Waals surface area contributed by atoms with E-state index in [-0.39, 0.29) is 12.5 Å². The third-order valence-electron chi connectivity index (χ3n) is 3.80. The summed E-state index contributed by atoms with van der Waals surface area (Å²) in [4.78, 5) is 28.8. The normalized spacial score (nSPS) is 10.5. The van der Waals surface area contributed by atoms with Crippen molar-refractivity contribution in [3.8, 4) is 11.5 Å². The Morgan fingerprint density at radius 2 is 1.83 bits per heavy atom. The predicted molar refractivity (Wildman–Crippen MR) is 113 cm³/mol. The minimum absolute atomic E-state index is 0.259. The molecule has 8 heteroatoms. The molecule has 160 valence electrons. The maximum Gasteiger partial charge on any atom is 0.338 e. The average Bonchev–Trinajstić information content (AvgIpc) is 2.76. The van der Waals surface area contributed by atoms with E-state index in [1.54, 1.807) is 49.6 Å². The molecule has 2 aromatic rings. The molecular formula is C22H26N2O6. The highest BCUT2D eigenvalue weighted by molar-refractivity contribution is 5.93. The van der Waals surface area contributed by atoms with Crippen LogP contribution in [0.3, 0.4) is 0 Å². The van der Waals surface area contributed by atoms with Crippen LogP contribution >= 0.6 is 0 Å². The van der Waals surface area contributed by atoms with Crippen molar-refractivity contribution in [2.75, 3.05) is 32.2 Å². The van der Waals surface area contributed by atoms with Gasteiger partial charge >= 0.3 is 5.97 Å². The summed E-state index contributed by atoms with van der Waals surface area (Å²) in [5.41, 5.74) is 1.70. The number of hydrogen-bond donors (Lipinski definition) is 1. The van der Waals surface area contributed by atoms with Crippen LogP contribution in [0.4, 0.5) is 5.69 Å². The molecular weight excluding hydrogens is 388 g/mol. The molecule has 0 saturated heterocycles. The Hall–Kier alpha value is -3.55. The maximum atomic E-state index is 12.0. The molecule has 0 heterocycles. The van der Waals surface area contributed by atoms with Crippen molar-refractivity contribution in [1.82, 2.24) is 0 Å². The van der Waals surface area contributed by atoms with E-state index in [0.717, 1.165) is 12.0 Å². The quantitative estimate of drug-likeness (QED) is 0.343. The fourth-order valence-electron chi connectivity index (χ4n) is 2.40. The highest BCUT2D eigenvalue weighted by Gasteiger charge is 2.08. The second kappa shape index (κ2) is 12.1. The largest absolute Gasteiger partial charge is 0.493 e. The number of carbonyl (C=O) groups excluding carboxylic acids is 2. The zero-order chi connectivity index (χ0) is 21.8. The van der Waals surface area contributed by atoms with Crippen LogP contribution in [0, 0.1) is 0 Å². The lowest BCUT2D eigenvalue weighted by Gasteiger charge is -2.09. The predicted octanol–water partition coefficient (Wildman–Crippen LogP) is 3.65. The van der Waals surface area contributed by atoms with Gasteiger partial charge in [-0.05, 0) is 55.8 Å². The van der Waals surface area contributed by atoms with Gasteiger partial charge in [0.25, 0.3) is 5.91 Å². The van der Waals surface area contributed by atoms with Crippen molar-refractivity contribution in [1.29, 1.82) is 0 Å². The van der Waals surface area contributed by atoms with Crippen LogP contribution in [-0.4, -0.2) is 45.0 Å². The minimum Gasteiger partial charge on any atom is -0.493 e. The topological polar surface area (TPSA) is 95.5 Å². The number of nitrogens with zero attached hydrogens (tertiary/aromatic N) is 1. The van der Waals surface area contributed by atoms with Crippen molar-refractivity contribution >= 4 is 23.8 Å². The summed E-state index contributed by atoms with van der Waals surface area (Å²) in [5.74, 6) is 0.457. The van der Waals surface area contributed by atoms with E-state index in [0.29, 0.717) is 36.0 Å². The van der Waals surface area contributed by atoms with Crippen LogP contribution in [0.5, 0.6) is 11.5 Å². The zero-order valence-corrected chi connectivity index (χ0v) is 17.3. The second-order valence-electron chi connectivity index (χ2n) is 6.11. The van der Waals surface area contributed by atoms with Gasteiger partial charge in [-0.1, -0.05) is 12.1 Å². The van der Waals surface area contributed by atoms with Crippen molar-refractivity contribution in [3.63, 3.8) is 0 Å². The van der Waals surface area contributed by atoms with Crippen molar-refractivity contribution in [3.05, 3.63) is 53.6 Å². The summed E-state index contributed by atoms with van der Waals surface area (Å²) in [6, 6.07) is 11.8. The third-order valence-corrected chi connectivity index (χ3v) is 3.80. The van der Waals surface area contributed by atoms with Gasteiger partial charge < -0.3 is 24.4 Å². The monoisotopic (exact) mass is 414 g/mol. The SMILES string of the molecule is CCCOC(=O)c1ccc(NC(=O)CO/N=C\c2ccc(OCC)c(OC)c2)cc1. The minimum atomic E-state index is -0.390. The van der Waals surface area contributed by atoms with E-state index >= 15 is 0 Å². The van der Waals surface area contributed by atoms with Gasteiger partial charge in [0.2, 0.25) is 0 Å². The number of hydrogen-bond acceptors (Lipinski definition) is 7. The molecule has 1 amide bonds. The number of nitrogens with one attached hydrogen (secondary N) is 1. The molecule has 0 aliphatic carbocycles.